The van der Waals surface area contributed by atoms with Crippen molar-refractivity contribution in [3.8, 4) is 0 Å². The maximum absolute atomic E-state index is 12.1. The summed E-state index contributed by atoms with van der Waals surface area (Å²) in [4.78, 5) is 15.1. The van der Waals surface area contributed by atoms with E-state index in [-0.39, 0.29) is 25.1 Å². The van der Waals surface area contributed by atoms with Crippen molar-refractivity contribution in [1.29, 1.82) is 0 Å². The van der Waals surface area contributed by atoms with Crippen molar-refractivity contribution in [1.82, 2.24) is 10.2 Å². The molecule has 1 aromatic rings. The second-order valence-corrected chi connectivity index (χ2v) is 6.59. The van der Waals surface area contributed by atoms with Crippen LogP contribution in [0.15, 0.2) is 17.5 Å². The van der Waals surface area contributed by atoms with E-state index in [1.807, 2.05) is 24.6 Å². The summed E-state index contributed by atoms with van der Waals surface area (Å²) in [5.74, 6) is 0.297. The maximum Gasteiger partial charge on any atom is 0.234 e. The summed E-state index contributed by atoms with van der Waals surface area (Å²) in [5, 5.41) is 14.7. The van der Waals surface area contributed by atoms with Crippen LogP contribution in [0, 0.1) is 5.92 Å². The lowest BCUT2D eigenvalue weighted by Gasteiger charge is -2.24. The first-order valence-electron chi connectivity index (χ1n) is 7.12. The van der Waals surface area contributed by atoms with Crippen molar-refractivity contribution in [2.45, 2.75) is 26.0 Å². The zero-order chi connectivity index (χ0) is 15.8. The van der Waals surface area contributed by atoms with Crippen molar-refractivity contribution >= 4 is 17.2 Å². The molecule has 0 aliphatic carbocycles. The van der Waals surface area contributed by atoms with E-state index in [0.717, 1.165) is 0 Å². The van der Waals surface area contributed by atoms with E-state index < -0.39 is 6.10 Å². The van der Waals surface area contributed by atoms with E-state index in [9.17, 15) is 9.90 Å². The molecule has 0 radical (unpaired) electrons. The Morgan fingerprint density at radius 1 is 1.52 bits per heavy atom. The predicted molar refractivity (Wildman–Crippen MR) is 85.4 cm³/mol. The number of carbonyl (C=O) groups is 1. The van der Waals surface area contributed by atoms with Crippen LogP contribution in [-0.2, 0) is 9.53 Å². The predicted octanol–water partition coefficient (Wildman–Crippen LogP) is 1.50. The number of nitrogens with zero attached hydrogens (tertiary/aromatic N) is 1. The summed E-state index contributed by atoms with van der Waals surface area (Å²) in [7, 11) is 3.36. The van der Waals surface area contributed by atoms with Crippen LogP contribution in [0.4, 0.5) is 0 Å². The van der Waals surface area contributed by atoms with Gasteiger partial charge in [0.05, 0.1) is 25.3 Å². The molecule has 1 aromatic heterocycles. The molecule has 5 nitrogen and oxygen atoms in total. The summed E-state index contributed by atoms with van der Waals surface area (Å²) in [5.41, 5.74) is 0. The van der Waals surface area contributed by atoms with E-state index in [2.05, 4.69) is 19.2 Å². The van der Waals surface area contributed by atoms with Crippen LogP contribution in [0.25, 0.3) is 0 Å². The SMILES string of the molecule is COCC(O)CN(C)CC(=O)NC(c1cccs1)C(C)C. The van der Waals surface area contributed by atoms with Crippen LogP contribution in [-0.4, -0.2) is 55.9 Å². The topological polar surface area (TPSA) is 61.8 Å². The molecule has 1 amide bonds. The normalized spacial score (nSPS) is 14.4. The number of aliphatic hydroxyl groups is 1. The Labute approximate surface area is 130 Å². The highest BCUT2D eigenvalue weighted by atomic mass is 32.1. The Hall–Kier alpha value is -0.950. The van der Waals surface area contributed by atoms with Crippen molar-refractivity contribution in [3.63, 3.8) is 0 Å². The minimum Gasteiger partial charge on any atom is -0.389 e. The second-order valence-electron chi connectivity index (χ2n) is 5.61. The number of nitrogens with one attached hydrogen (secondary N) is 1. The molecule has 1 rings (SSSR count). The number of amides is 1. The zero-order valence-electron chi connectivity index (χ0n) is 13.2. The van der Waals surface area contributed by atoms with Crippen molar-refractivity contribution < 1.29 is 14.6 Å². The highest BCUT2D eigenvalue weighted by Gasteiger charge is 2.20. The van der Waals surface area contributed by atoms with Crippen molar-refractivity contribution in [2.24, 2.45) is 5.92 Å². The van der Waals surface area contributed by atoms with E-state index >= 15 is 0 Å². The number of hydrogen-bond acceptors (Lipinski definition) is 5. The third kappa shape index (κ3) is 6.56. The van der Waals surface area contributed by atoms with Crippen LogP contribution in [0.2, 0.25) is 0 Å². The van der Waals surface area contributed by atoms with Gasteiger partial charge in [-0.05, 0) is 24.4 Å². The van der Waals surface area contributed by atoms with Gasteiger partial charge in [0, 0.05) is 18.5 Å². The fourth-order valence-corrected chi connectivity index (χ4v) is 3.12. The number of hydrogen-bond donors (Lipinski definition) is 2. The van der Waals surface area contributed by atoms with E-state index in [0.29, 0.717) is 12.5 Å². The van der Waals surface area contributed by atoms with Gasteiger partial charge >= 0.3 is 0 Å². The lowest BCUT2D eigenvalue weighted by Crippen LogP contribution is -2.41. The van der Waals surface area contributed by atoms with Crippen LogP contribution in [0.5, 0.6) is 0 Å². The fraction of sp³-hybridized carbons (Fsp3) is 0.667. The molecule has 0 saturated heterocycles. The molecule has 2 unspecified atom stereocenters. The number of rotatable bonds is 9. The molecule has 0 saturated carbocycles. The molecule has 1 heterocycles. The Morgan fingerprint density at radius 3 is 2.76 bits per heavy atom. The molecule has 0 aliphatic heterocycles. The van der Waals surface area contributed by atoms with Gasteiger partial charge in [-0.25, -0.2) is 0 Å². The second kappa shape index (κ2) is 9.15. The summed E-state index contributed by atoms with van der Waals surface area (Å²) >= 11 is 1.65. The number of methoxy groups -OCH3 is 1. The molecule has 21 heavy (non-hydrogen) atoms. The first kappa shape index (κ1) is 18.1. The molecule has 120 valence electrons. The van der Waals surface area contributed by atoms with Crippen molar-refractivity contribution in [2.75, 3.05) is 33.9 Å². The van der Waals surface area contributed by atoms with Gasteiger partial charge in [0.1, 0.15) is 0 Å². The van der Waals surface area contributed by atoms with Crippen LogP contribution in [0.1, 0.15) is 24.8 Å². The molecule has 2 N–H and O–H groups in total. The number of ether oxygens (including phenoxy) is 1. The summed E-state index contributed by atoms with van der Waals surface area (Å²) in [6, 6.07) is 4.07. The number of carbonyl (C=O) groups excluding carboxylic acids is 1. The summed E-state index contributed by atoms with van der Waals surface area (Å²) < 4.78 is 4.88. The molecule has 0 aliphatic rings. The fourth-order valence-electron chi connectivity index (χ4n) is 2.17. The van der Waals surface area contributed by atoms with E-state index in [1.54, 1.807) is 23.3 Å². The third-order valence-corrected chi connectivity index (χ3v) is 4.08. The number of aliphatic hydroxyl groups excluding tert-OH is 1. The molecule has 0 bridgehead atoms. The molecular formula is C15H26N2O3S. The molecule has 2 atom stereocenters. The average molecular weight is 314 g/mol. The van der Waals surface area contributed by atoms with Crippen molar-refractivity contribution in [3.05, 3.63) is 22.4 Å². The van der Waals surface area contributed by atoms with Crippen LogP contribution < -0.4 is 5.32 Å². The average Bonchev–Trinajstić information content (AvgIpc) is 2.88. The largest absolute Gasteiger partial charge is 0.389 e. The minimum absolute atomic E-state index is 0.0331. The van der Waals surface area contributed by atoms with Gasteiger partial charge in [0.25, 0.3) is 0 Å². The molecule has 0 spiro atoms. The van der Waals surface area contributed by atoms with Gasteiger partial charge in [-0.1, -0.05) is 19.9 Å². The maximum atomic E-state index is 12.1. The summed E-state index contributed by atoms with van der Waals surface area (Å²) in [6.45, 7) is 5.13. The minimum atomic E-state index is -0.578. The van der Waals surface area contributed by atoms with Gasteiger partial charge in [-0.3, -0.25) is 9.69 Å². The van der Waals surface area contributed by atoms with Gasteiger partial charge in [-0.15, -0.1) is 11.3 Å². The Balaban J connectivity index is 2.47. The monoisotopic (exact) mass is 314 g/mol. The number of likely N-dealkylation sites (N-methyl/N-ethyl adjacent to an activating group) is 1. The van der Waals surface area contributed by atoms with Gasteiger partial charge in [0.15, 0.2) is 0 Å². The molecule has 0 fully saturated rings. The van der Waals surface area contributed by atoms with Crippen LogP contribution in [0.3, 0.4) is 0 Å². The molecule has 0 aromatic carbocycles. The zero-order valence-corrected chi connectivity index (χ0v) is 14.0. The lowest BCUT2D eigenvalue weighted by molar-refractivity contribution is -0.123. The van der Waals surface area contributed by atoms with Gasteiger partial charge in [-0.2, -0.15) is 0 Å². The Morgan fingerprint density at radius 2 is 2.24 bits per heavy atom. The molecular weight excluding hydrogens is 288 g/mol. The lowest BCUT2D eigenvalue weighted by atomic mass is 10.0. The van der Waals surface area contributed by atoms with E-state index in [1.165, 1.54) is 4.88 Å². The first-order chi connectivity index (χ1) is 9.93. The molecule has 6 heteroatoms. The van der Waals surface area contributed by atoms with Gasteiger partial charge in [0.2, 0.25) is 5.91 Å². The Bertz CT molecular complexity index is 409. The standard InChI is InChI=1S/C15H26N2O3S/c1-11(2)15(13-6-5-7-21-13)16-14(19)9-17(3)8-12(18)10-20-4/h5-7,11-12,15,18H,8-10H2,1-4H3,(H,16,19). The highest BCUT2D eigenvalue weighted by Crippen LogP contribution is 2.25. The van der Waals surface area contributed by atoms with Crippen LogP contribution >= 0.6 is 11.3 Å². The highest BCUT2D eigenvalue weighted by molar-refractivity contribution is 7.10. The third-order valence-electron chi connectivity index (χ3n) is 3.13. The Kier molecular flexibility index (Phi) is 7.88. The summed E-state index contributed by atoms with van der Waals surface area (Å²) in [6.07, 6.45) is -0.578. The smallest absolute Gasteiger partial charge is 0.234 e. The van der Waals surface area contributed by atoms with E-state index in [4.69, 9.17) is 4.74 Å². The number of thiophene rings is 1. The quantitative estimate of drug-likeness (QED) is 0.725. The van der Waals surface area contributed by atoms with Gasteiger partial charge < -0.3 is 15.2 Å². The first-order valence-corrected chi connectivity index (χ1v) is 8.00.